The Kier molecular flexibility index (Phi) is 4.03. The van der Waals surface area contributed by atoms with E-state index in [1.165, 1.54) is 32.1 Å². The first kappa shape index (κ1) is 13.2. The summed E-state index contributed by atoms with van der Waals surface area (Å²) in [6.45, 7) is 3.63. The van der Waals surface area contributed by atoms with Gasteiger partial charge in [0.25, 0.3) is 0 Å². The Bertz CT molecular complexity index is 285. The Morgan fingerprint density at radius 1 is 1.47 bits per heavy atom. The molecule has 0 unspecified atom stereocenters. The molecule has 1 atom stereocenters. The Hall–Kier alpha value is -0.220. The van der Waals surface area contributed by atoms with Gasteiger partial charge in [0.15, 0.2) is 0 Å². The van der Waals surface area contributed by atoms with Crippen molar-refractivity contribution in [3.05, 3.63) is 0 Å². The molecule has 1 saturated carbocycles. The van der Waals surface area contributed by atoms with Gasteiger partial charge in [-0.05, 0) is 56.1 Å². The summed E-state index contributed by atoms with van der Waals surface area (Å²) in [7, 11) is 0. The van der Waals surface area contributed by atoms with E-state index < -0.39 is 0 Å². The summed E-state index contributed by atoms with van der Waals surface area (Å²) in [5, 5.41) is 0. The molecular weight excluding hydrogens is 232 g/mol. The summed E-state index contributed by atoms with van der Waals surface area (Å²) in [5.74, 6) is 1.93. The van der Waals surface area contributed by atoms with E-state index in [0.717, 1.165) is 24.8 Å². The number of carbonyl (C=O) groups excluding carboxylic acids is 1. The number of carbonyl (C=O) groups is 1. The molecule has 0 aromatic rings. The lowest BCUT2D eigenvalue weighted by molar-refractivity contribution is -0.131. The van der Waals surface area contributed by atoms with Crippen molar-refractivity contribution in [1.29, 1.82) is 0 Å². The smallest absolute Gasteiger partial charge is 0.239 e. The van der Waals surface area contributed by atoms with Crippen LogP contribution in [0.4, 0.5) is 0 Å². The zero-order chi connectivity index (χ0) is 12.5. The highest BCUT2D eigenvalue weighted by molar-refractivity contribution is 7.80. The van der Waals surface area contributed by atoms with Gasteiger partial charge in [0.05, 0.1) is 6.04 Å². The van der Waals surface area contributed by atoms with Gasteiger partial charge in [-0.25, -0.2) is 0 Å². The molecule has 4 heteroatoms. The van der Waals surface area contributed by atoms with Crippen molar-refractivity contribution in [2.75, 3.05) is 18.8 Å². The number of amides is 1. The second-order valence-corrected chi connectivity index (χ2v) is 6.29. The Labute approximate surface area is 110 Å². The topological polar surface area (TPSA) is 46.3 Å². The fourth-order valence-corrected chi connectivity index (χ4v) is 3.66. The quantitative estimate of drug-likeness (QED) is 0.738. The van der Waals surface area contributed by atoms with Crippen molar-refractivity contribution in [1.82, 2.24) is 4.90 Å². The van der Waals surface area contributed by atoms with Crippen LogP contribution in [0.1, 0.15) is 39.0 Å². The molecule has 1 saturated heterocycles. The monoisotopic (exact) mass is 256 g/mol. The van der Waals surface area contributed by atoms with Crippen LogP contribution >= 0.6 is 12.6 Å². The van der Waals surface area contributed by atoms with Crippen molar-refractivity contribution in [3.63, 3.8) is 0 Å². The molecule has 1 aliphatic heterocycles. The highest BCUT2D eigenvalue weighted by Crippen LogP contribution is 2.45. The third-order valence-corrected chi connectivity index (χ3v) is 5.08. The van der Waals surface area contributed by atoms with Crippen LogP contribution in [0.3, 0.4) is 0 Å². The van der Waals surface area contributed by atoms with E-state index in [2.05, 4.69) is 12.6 Å². The lowest BCUT2D eigenvalue weighted by atomic mass is 9.70. The number of rotatable bonds is 2. The van der Waals surface area contributed by atoms with Crippen LogP contribution in [-0.2, 0) is 4.79 Å². The molecule has 98 valence electrons. The zero-order valence-corrected chi connectivity index (χ0v) is 11.6. The number of thiol groups is 1. The molecule has 2 fully saturated rings. The van der Waals surface area contributed by atoms with E-state index in [1.807, 2.05) is 4.90 Å². The molecule has 17 heavy (non-hydrogen) atoms. The van der Waals surface area contributed by atoms with Crippen LogP contribution in [-0.4, -0.2) is 35.7 Å². The normalized spacial score (nSPS) is 35.2. The summed E-state index contributed by atoms with van der Waals surface area (Å²) in [4.78, 5) is 13.9. The van der Waals surface area contributed by atoms with E-state index >= 15 is 0 Å². The molecule has 2 rings (SSSR count). The minimum atomic E-state index is -0.348. The Morgan fingerprint density at radius 3 is 2.65 bits per heavy atom. The van der Waals surface area contributed by atoms with Crippen LogP contribution in [0.5, 0.6) is 0 Å². The van der Waals surface area contributed by atoms with Crippen molar-refractivity contribution < 1.29 is 4.79 Å². The van der Waals surface area contributed by atoms with Crippen LogP contribution in [0.25, 0.3) is 0 Å². The molecule has 1 aliphatic carbocycles. The van der Waals surface area contributed by atoms with E-state index in [4.69, 9.17) is 5.73 Å². The number of nitrogens with zero attached hydrogens (tertiary/aromatic N) is 1. The molecular formula is C13H24N2OS. The van der Waals surface area contributed by atoms with E-state index in [-0.39, 0.29) is 11.9 Å². The third-order valence-electron chi connectivity index (χ3n) is 4.56. The molecule has 2 N–H and O–H groups in total. The third kappa shape index (κ3) is 2.79. The fourth-order valence-electron chi connectivity index (χ4n) is 3.29. The van der Waals surface area contributed by atoms with Gasteiger partial charge in [-0.2, -0.15) is 12.6 Å². The van der Waals surface area contributed by atoms with Gasteiger partial charge in [0.1, 0.15) is 0 Å². The van der Waals surface area contributed by atoms with Gasteiger partial charge in [0.2, 0.25) is 5.91 Å². The van der Waals surface area contributed by atoms with E-state index in [0.29, 0.717) is 5.41 Å². The average Bonchev–Trinajstić information content (AvgIpc) is 2.73. The predicted octanol–water partition coefficient (Wildman–Crippen LogP) is 1.67. The zero-order valence-electron chi connectivity index (χ0n) is 10.7. The number of nitrogens with two attached hydrogens (primary N) is 1. The van der Waals surface area contributed by atoms with E-state index in [9.17, 15) is 4.79 Å². The predicted molar refractivity (Wildman–Crippen MR) is 73.1 cm³/mol. The van der Waals surface area contributed by atoms with Gasteiger partial charge < -0.3 is 10.6 Å². The molecule has 1 amide bonds. The largest absolute Gasteiger partial charge is 0.341 e. The van der Waals surface area contributed by atoms with Gasteiger partial charge in [0, 0.05) is 13.1 Å². The van der Waals surface area contributed by atoms with Crippen LogP contribution in [0, 0.1) is 11.3 Å². The average molecular weight is 256 g/mol. The Balaban J connectivity index is 1.91. The van der Waals surface area contributed by atoms with Crippen molar-refractivity contribution >= 4 is 18.5 Å². The minimum absolute atomic E-state index is 0.123. The number of hydrogen-bond acceptors (Lipinski definition) is 3. The first-order valence-electron chi connectivity index (χ1n) is 6.71. The Morgan fingerprint density at radius 2 is 2.12 bits per heavy atom. The maximum Gasteiger partial charge on any atom is 0.239 e. The number of likely N-dealkylation sites (tertiary alicyclic amines) is 1. The molecule has 0 aromatic carbocycles. The SMILES string of the molecule is C[C@H](N)C(=O)N1CCC2(CCC(CS)CC2)C1. The summed E-state index contributed by atoms with van der Waals surface area (Å²) in [6.07, 6.45) is 6.26. The van der Waals surface area contributed by atoms with Gasteiger partial charge in [-0.3, -0.25) is 4.79 Å². The van der Waals surface area contributed by atoms with Crippen molar-refractivity contribution in [2.24, 2.45) is 17.1 Å². The standard InChI is InChI=1S/C13H24N2OS/c1-10(14)12(16)15-7-6-13(9-15)4-2-11(8-17)3-5-13/h10-11,17H,2-9,14H2,1H3/t10-,11?,13?/m0/s1. The summed E-state index contributed by atoms with van der Waals surface area (Å²) < 4.78 is 0. The summed E-state index contributed by atoms with van der Waals surface area (Å²) >= 11 is 4.39. The lowest BCUT2D eigenvalue weighted by Gasteiger charge is -2.36. The molecule has 2 aliphatic rings. The molecule has 3 nitrogen and oxygen atoms in total. The molecule has 1 heterocycles. The van der Waals surface area contributed by atoms with Crippen LogP contribution in [0.15, 0.2) is 0 Å². The van der Waals surface area contributed by atoms with Gasteiger partial charge >= 0.3 is 0 Å². The second-order valence-electron chi connectivity index (χ2n) is 5.92. The van der Waals surface area contributed by atoms with E-state index in [1.54, 1.807) is 6.92 Å². The molecule has 0 bridgehead atoms. The minimum Gasteiger partial charge on any atom is -0.341 e. The number of hydrogen-bond donors (Lipinski definition) is 2. The second kappa shape index (κ2) is 5.19. The highest BCUT2D eigenvalue weighted by atomic mass is 32.1. The lowest BCUT2D eigenvalue weighted by Crippen LogP contribution is -2.42. The molecule has 1 spiro atoms. The van der Waals surface area contributed by atoms with Gasteiger partial charge in [-0.1, -0.05) is 0 Å². The molecule has 0 aromatic heterocycles. The van der Waals surface area contributed by atoms with Gasteiger partial charge in [-0.15, -0.1) is 0 Å². The maximum absolute atomic E-state index is 11.9. The maximum atomic E-state index is 11.9. The molecule has 0 radical (unpaired) electrons. The summed E-state index contributed by atoms with van der Waals surface area (Å²) in [6, 6.07) is -0.348. The van der Waals surface area contributed by atoms with Crippen molar-refractivity contribution in [2.45, 2.75) is 45.1 Å². The first-order valence-corrected chi connectivity index (χ1v) is 7.35. The summed E-state index contributed by atoms with van der Waals surface area (Å²) in [5.41, 5.74) is 6.08. The fraction of sp³-hybridized carbons (Fsp3) is 0.923. The first-order chi connectivity index (χ1) is 8.06. The van der Waals surface area contributed by atoms with Crippen molar-refractivity contribution in [3.8, 4) is 0 Å². The highest BCUT2D eigenvalue weighted by Gasteiger charge is 2.42. The van der Waals surface area contributed by atoms with Crippen LogP contribution in [0.2, 0.25) is 0 Å². The van der Waals surface area contributed by atoms with Crippen LogP contribution < -0.4 is 5.73 Å².